The number of carbonyl (C=O) groups excluding carboxylic acids is 1. The van der Waals surface area contributed by atoms with Gasteiger partial charge < -0.3 is 15.0 Å². The first-order chi connectivity index (χ1) is 12.5. The van der Waals surface area contributed by atoms with E-state index in [1.807, 2.05) is 37.3 Å². The number of aliphatic hydroxyl groups excluding tert-OH is 1. The van der Waals surface area contributed by atoms with Crippen LogP contribution in [-0.4, -0.2) is 40.1 Å². The Bertz CT molecular complexity index is 821. The molecule has 1 aromatic heterocycles. The number of benzene rings is 1. The lowest BCUT2D eigenvalue weighted by atomic mass is 9.87. The second kappa shape index (κ2) is 7.87. The van der Waals surface area contributed by atoms with Gasteiger partial charge in [-0.2, -0.15) is 0 Å². The van der Waals surface area contributed by atoms with Gasteiger partial charge in [0.2, 0.25) is 0 Å². The Kier molecular flexibility index (Phi) is 5.57. The molecule has 5 heteroatoms. The molecule has 0 unspecified atom stereocenters. The number of H-pyrrole nitrogens is 1. The topological polar surface area (TPSA) is 73.4 Å². The molecule has 0 saturated carbocycles. The van der Waals surface area contributed by atoms with Crippen LogP contribution in [0.4, 0.5) is 0 Å². The molecule has 0 radical (unpaired) electrons. The number of nitrogens with zero attached hydrogens (tertiary/aromatic N) is 1. The molecule has 2 aromatic rings. The molecule has 2 N–H and O–H groups in total. The third-order valence-corrected chi connectivity index (χ3v) is 5.23. The largest absolute Gasteiger partial charge is 0.392 e. The van der Waals surface area contributed by atoms with Gasteiger partial charge in [0, 0.05) is 30.5 Å². The number of hydrogen-bond donors (Lipinski definition) is 2. The summed E-state index contributed by atoms with van der Waals surface area (Å²) < 4.78 is 0. The van der Waals surface area contributed by atoms with E-state index in [1.54, 1.807) is 11.8 Å². The van der Waals surface area contributed by atoms with E-state index in [0.29, 0.717) is 25.2 Å². The Morgan fingerprint density at radius 3 is 2.50 bits per heavy atom. The molecular formula is C21H26N2O3. The fourth-order valence-corrected chi connectivity index (χ4v) is 3.78. The molecule has 2 heterocycles. The van der Waals surface area contributed by atoms with Crippen molar-refractivity contribution < 1.29 is 9.90 Å². The predicted molar refractivity (Wildman–Crippen MR) is 101 cm³/mol. The number of amides is 1. The van der Waals surface area contributed by atoms with E-state index in [2.05, 4.69) is 4.98 Å². The summed E-state index contributed by atoms with van der Waals surface area (Å²) in [6.07, 6.45) is 1.74. The molecule has 138 valence electrons. The predicted octanol–water partition coefficient (Wildman–Crippen LogP) is 2.45. The van der Waals surface area contributed by atoms with Crippen molar-refractivity contribution in [3.8, 4) is 0 Å². The van der Waals surface area contributed by atoms with Crippen molar-refractivity contribution in [1.82, 2.24) is 9.88 Å². The average molecular weight is 354 g/mol. The minimum atomic E-state index is -0.404. The average Bonchev–Trinajstić information content (AvgIpc) is 2.61. The van der Waals surface area contributed by atoms with Crippen molar-refractivity contribution in [1.29, 1.82) is 0 Å². The molecule has 1 aromatic carbocycles. The molecule has 0 bridgehead atoms. The highest BCUT2D eigenvalue weighted by Crippen LogP contribution is 2.24. The van der Waals surface area contributed by atoms with E-state index in [-0.39, 0.29) is 22.8 Å². The second-order valence-electron chi connectivity index (χ2n) is 7.20. The molecule has 26 heavy (non-hydrogen) atoms. The summed E-state index contributed by atoms with van der Waals surface area (Å²) in [7, 11) is 0. The number of nitrogens with one attached hydrogen (secondary N) is 1. The number of piperidine rings is 1. The molecule has 0 aliphatic carbocycles. The van der Waals surface area contributed by atoms with E-state index in [9.17, 15) is 14.7 Å². The number of aliphatic hydroxyl groups is 1. The van der Waals surface area contributed by atoms with Crippen LogP contribution in [0.15, 0.2) is 41.2 Å². The summed E-state index contributed by atoms with van der Waals surface area (Å²) in [6.45, 7) is 4.71. The van der Waals surface area contributed by atoms with Gasteiger partial charge in [-0.3, -0.25) is 9.59 Å². The summed E-state index contributed by atoms with van der Waals surface area (Å²) in [5.41, 5.74) is 2.51. The maximum absolute atomic E-state index is 12.8. The molecule has 1 aliphatic rings. The fraction of sp³-hybridized carbons (Fsp3) is 0.429. The van der Waals surface area contributed by atoms with Gasteiger partial charge in [-0.25, -0.2) is 0 Å². The molecule has 1 saturated heterocycles. The minimum Gasteiger partial charge on any atom is -0.392 e. The maximum Gasteiger partial charge on any atom is 0.259 e. The summed E-state index contributed by atoms with van der Waals surface area (Å²) in [5, 5.41) is 10.5. The summed E-state index contributed by atoms with van der Waals surface area (Å²) in [6, 6.07) is 11.4. The Hall–Kier alpha value is -2.40. The van der Waals surface area contributed by atoms with Crippen LogP contribution in [0, 0.1) is 19.8 Å². The van der Waals surface area contributed by atoms with Crippen LogP contribution in [-0.2, 0) is 6.42 Å². The van der Waals surface area contributed by atoms with Crippen molar-refractivity contribution in [2.24, 2.45) is 5.92 Å². The number of hydrogen-bond acceptors (Lipinski definition) is 3. The first-order valence-electron chi connectivity index (χ1n) is 9.17. The lowest BCUT2D eigenvalue weighted by molar-refractivity contribution is 0.0466. The second-order valence-corrected chi connectivity index (χ2v) is 7.20. The van der Waals surface area contributed by atoms with Gasteiger partial charge in [0.1, 0.15) is 5.56 Å². The van der Waals surface area contributed by atoms with Gasteiger partial charge >= 0.3 is 0 Å². The highest BCUT2D eigenvalue weighted by atomic mass is 16.3. The molecule has 1 fully saturated rings. The number of aromatic amines is 1. The molecule has 1 atom stereocenters. The van der Waals surface area contributed by atoms with Crippen LogP contribution in [0.1, 0.15) is 40.2 Å². The number of aryl methyl sites for hydroxylation is 2. The van der Waals surface area contributed by atoms with Crippen LogP contribution in [0.3, 0.4) is 0 Å². The van der Waals surface area contributed by atoms with Crippen LogP contribution >= 0.6 is 0 Å². The van der Waals surface area contributed by atoms with E-state index >= 15 is 0 Å². The van der Waals surface area contributed by atoms with Gasteiger partial charge in [0.05, 0.1) is 6.10 Å². The summed E-state index contributed by atoms with van der Waals surface area (Å²) in [5.74, 6) is -0.0311. The number of pyridine rings is 1. The highest BCUT2D eigenvalue weighted by Gasteiger charge is 2.29. The van der Waals surface area contributed by atoms with Crippen molar-refractivity contribution in [3.63, 3.8) is 0 Å². The van der Waals surface area contributed by atoms with Crippen molar-refractivity contribution >= 4 is 5.91 Å². The van der Waals surface area contributed by atoms with E-state index in [0.717, 1.165) is 24.1 Å². The molecular weight excluding hydrogens is 328 g/mol. The van der Waals surface area contributed by atoms with Crippen molar-refractivity contribution in [2.45, 2.75) is 39.2 Å². The lowest BCUT2D eigenvalue weighted by Crippen LogP contribution is -2.43. The lowest BCUT2D eigenvalue weighted by Gasteiger charge is -2.34. The third kappa shape index (κ3) is 4.05. The normalized spacial score (nSPS) is 16.5. The van der Waals surface area contributed by atoms with E-state index in [4.69, 9.17) is 0 Å². The van der Waals surface area contributed by atoms with Crippen LogP contribution in [0.2, 0.25) is 0 Å². The van der Waals surface area contributed by atoms with E-state index in [1.165, 1.54) is 6.07 Å². The van der Waals surface area contributed by atoms with Gasteiger partial charge in [0.25, 0.3) is 5.91 Å². The zero-order valence-electron chi connectivity index (χ0n) is 15.4. The standard InChI is InChI=1S/C21H26N2O3/c1-14-12-19(25)20(15(2)22-14)21(26)23-10-8-17(9-11-23)18(24)13-16-6-4-3-5-7-16/h3-7,12,17-18,24H,8-11,13H2,1-2H3,(H,22,25)/t18-/m0/s1. The Morgan fingerprint density at radius 2 is 1.88 bits per heavy atom. The number of carbonyl (C=O) groups is 1. The first-order valence-corrected chi connectivity index (χ1v) is 9.17. The Balaban J connectivity index is 1.62. The molecule has 5 nitrogen and oxygen atoms in total. The quantitative estimate of drug-likeness (QED) is 0.886. The third-order valence-electron chi connectivity index (χ3n) is 5.23. The maximum atomic E-state index is 12.8. The fourth-order valence-electron chi connectivity index (χ4n) is 3.78. The van der Waals surface area contributed by atoms with Gasteiger partial charge in [-0.05, 0) is 44.6 Å². The summed E-state index contributed by atoms with van der Waals surface area (Å²) >= 11 is 0. The molecule has 1 aliphatic heterocycles. The Labute approximate surface area is 153 Å². The first kappa shape index (κ1) is 18.4. The van der Waals surface area contributed by atoms with Crippen LogP contribution in [0.25, 0.3) is 0 Å². The van der Waals surface area contributed by atoms with Gasteiger partial charge in [-0.15, -0.1) is 0 Å². The van der Waals surface area contributed by atoms with Crippen molar-refractivity contribution in [3.05, 3.63) is 69.1 Å². The van der Waals surface area contributed by atoms with Gasteiger partial charge in [0.15, 0.2) is 5.43 Å². The minimum absolute atomic E-state index is 0.177. The monoisotopic (exact) mass is 354 g/mol. The summed E-state index contributed by atoms with van der Waals surface area (Å²) in [4.78, 5) is 29.8. The van der Waals surface area contributed by atoms with Crippen LogP contribution in [0.5, 0.6) is 0 Å². The smallest absolute Gasteiger partial charge is 0.259 e. The molecule has 3 rings (SSSR count). The van der Waals surface area contributed by atoms with Crippen LogP contribution < -0.4 is 5.43 Å². The number of aromatic nitrogens is 1. The SMILES string of the molecule is Cc1cc(=O)c(C(=O)N2CCC([C@@H](O)Cc3ccccc3)CC2)c(C)[nH]1. The highest BCUT2D eigenvalue weighted by molar-refractivity contribution is 5.95. The van der Waals surface area contributed by atoms with E-state index < -0.39 is 6.10 Å². The number of likely N-dealkylation sites (tertiary alicyclic amines) is 1. The molecule has 1 amide bonds. The zero-order valence-corrected chi connectivity index (χ0v) is 15.4. The number of rotatable bonds is 4. The Morgan fingerprint density at radius 1 is 1.23 bits per heavy atom. The van der Waals surface area contributed by atoms with Gasteiger partial charge in [-0.1, -0.05) is 30.3 Å². The molecule has 0 spiro atoms. The zero-order chi connectivity index (χ0) is 18.7. The van der Waals surface area contributed by atoms with Crippen molar-refractivity contribution in [2.75, 3.05) is 13.1 Å².